The van der Waals surface area contributed by atoms with E-state index in [1.807, 2.05) is 37.3 Å². The largest absolute Gasteiger partial charge is 0.298 e. The van der Waals surface area contributed by atoms with Gasteiger partial charge in [-0.25, -0.2) is 8.42 Å². The van der Waals surface area contributed by atoms with Crippen LogP contribution >= 0.6 is 23.2 Å². The van der Waals surface area contributed by atoms with Crippen LogP contribution in [0.5, 0.6) is 0 Å². The summed E-state index contributed by atoms with van der Waals surface area (Å²) < 4.78 is 27.3. The minimum absolute atomic E-state index is 0.0696. The smallest absolute Gasteiger partial charge is 0.250 e. The standard InChI is InChI=1S/C17H15Cl2N3O2S/c1-2-22-16(12-6-4-3-5-7-12)20-21-17(22)25(23,24)11-13-8-9-14(18)10-15(13)19/h3-10H,2,11H2,1H3. The van der Waals surface area contributed by atoms with Gasteiger partial charge in [-0.15, -0.1) is 10.2 Å². The van der Waals surface area contributed by atoms with Crippen LogP contribution in [0, 0.1) is 0 Å². The van der Waals surface area contributed by atoms with Crippen molar-refractivity contribution in [3.05, 3.63) is 64.1 Å². The third kappa shape index (κ3) is 3.71. The number of hydrogen-bond acceptors (Lipinski definition) is 4. The second-order valence-electron chi connectivity index (χ2n) is 5.41. The molecule has 0 aliphatic carbocycles. The summed E-state index contributed by atoms with van der Waals surface area (Å²) in [6, 6.07) is 14.1. The Labute approximate surface area is 156 Å². The molecule has 0 amide bonds. The molecule has 0 aliphatic rings. The quantitative estimate of drug-likeness (QED) is 0.647. The Bertz CT molecular complexity index is 1000. The third-order valence-corrected chi connectivity index (χ3v) is 5.84. The lowest BCUT2D eigenvalue weighted by atomic mass is 10.2. The van der Waals surface area contributed by atoms with E-state index in [9.17, 15) is 8.42 Å². The maximum absolute atomic E-state index is 12.8. The molecule has 3 rings (SSSR count). The topological polar surface area (TPSA) is 64.8 Å². The highest BCUT2D eigenvalue weighted by Gasteiger charge is 2.26. The number of nitrogens with zero attached hydrogens (tertiary/aromatic N) is 3. The van der Waals surface area contributed by atoms with Crippen LogP contribution in [0.2, 0.25) is 10.0 Å². The lowest BCUT2D eigenvalue weighted by molar-refractivity contribution is 0.568. The Morgan fingerprint density at radius 3 is 2.40 bits per heavy atom. The zero-order valence-corrected chi connectivity index (χ0v) is 15.7. The average molecular weight is 396 g/mol. The molecule has 1 heterocycles. The first-order chi connectivity index (χ1) is 11.9. The summed E-state index contributed by atoms with van der Waals surface area (Å²) in [6.45, 7) is 2.28. The van der Waals surface area contributed by atoms with Crippen LogP contribution in [0.15, 0.2) is 53.7 Å². The zero-order chi connectivity index (χ0) is 18.0. The number of rotatable bonds is 5. The van der Waals surface area contributed by atoms with E-state index in [0.29, 0.717) is 28.0 Å². The Morgan fingerprint density at radius 2 is 1.76 bits per heavy atom. The maximum Gasteiger partial charge on any atom is 0.250 e. The molecule has 5 nitrogen and oxygen atoms in total. The van der Waals surface area contributed by atoms with Crippen molar-refractivity contribution < 1.29 is 8.42 Å². The number of aromatic nitrogens is 3. The molecule has 130 valence electrons. The van der Waals surface area contributed by atoms with Crippen LogP contribution in [0.4, 0.5) is 0 Å². The van der Waals surface area contributed by atoms with Crippen LogP contribution < -0.4 is 0 Å². The van der Waals surface area contributed by atoms with Gasteiger partial charge in [0.25, 0.3) is 0 Å². The van der Waals surface area contributed by atoms with Crippen molar-refractivity contribution in [3.8, 4) is 11.4 Å². The van der Waals surface area contributed by atoms with E-state index < -0.39 is 9.84 Å². The molecule has 0 bridgehead atoms. The Hall–Kier alpha value is -1.89. The van der Waals surface area contributed by atoms with Gasteiger partial charge < -0.3 is 0 Å². The minimum Gasteiger partial charge on any atom is -0.298 e. The Balaban J connectivity index is 2.02. The van der Waals surface area contributed by atoms with Gasteiger partial charge in [-0.3, -0.25) is 4.57 Å². The number of sulfone groups is 1. The van der Waals surface area contributed by atoms with Gasteiger partial charge in [0.2, 0.25) is 15.0 Å². The number of halogens is 2. The van der Waals surface area contributed by atoms with E-state index in [2.05, 4.69) is 10.2 Å². The summed E-state index contributed by atoms with van der Waals surface area (Å²) in [4.78, 5) is 0. The summed E-state index contributed by atoms with van der Waals surface area (Å²) in [5.74, 6) is 0.250. The second-order valence-corrected chi connectivity index (χ2v) is 8.14. The van der Waals surface area contributed by atoms with Gasteiger partial charge in [-0.05, 0) is 24.6 Å². The van der Waals surface area contributed by atoms with Gasteiger partial charge in [-0.2, -0.15) is 0 Å². The first-order valence-corrected chi connectivity index (χ1v) is 9.98. The molecule has 1 aromatic heterocycles. The molecule has 0 atom stereocenters. The maximum atomic E-state index is 12.8. The highest BCUT2D eigenvalue weighted by molar-refractivity contribution is 7.90. The lowest BCUT2D eigenvalue weighted by Crippen LogP contribution is -2.13. The summed E-state index contributed by atoms with van der Waals surface area (Å²) in [6.07, 6.45) is 0. The van der Waals surface area contributed by atoms with Crippen molar-refractivity contribution in [2.75, 3.05) is 0 Å². The molecule has 0 spiro atoms. The van der Waals surface area contributed by atoms with Gasteiger partial charge >= 0.3 is 0 Å². The van der Waals surface area contributed by atoms with Gasteiger partial charge in [0.05, 0.1) is 5.75 Å². The van der Waals surface area contributed by atoms with Gasteiger partial charge in [0.1, 0.15) is 0 Å². The highest BCUT2D eigenvalue weighted by atomic mass is 35.5. The SMILES string of the molecule is CCn1c(-c2ccccc2)nnc1S(=O)(=O)Cc1ccc(Cl)cc1Cl. The molecule has 0 fully saturated rings. The van der Waals surface area contributed by atoms with E-state index in [4.69, 9.17) is 23.2 Å². The van der Waals surface area contributed by atoms with Crippen molar-refractivity contribution in [2.45, 2.75) is 24.4 Å². The molecule has 8 heteroatoms. The fourth-order valence-electron chi connectivity index (χ4n) is 2.51. The zero-order valence-electron chi connectivity index (χ0n) is 13.4. The summed E-state index contributed by atoms with van der Waals surface area (Å²) in [5.41, 5.74) is 1.28. The monoisotopic (exact) mass is 395 g/mol. The van der Waals surface area contributed by atoms with E-state index in [0.717, 1.165) is 5.56 Å². The first kappa shape index (κ1) is 17.9. The summed E-state index contributed by atoms with van der Waals surface area (Å²) in [5, 5.41) is 8.71. The van der Waals surface area contributed by atoms with Crippen molar-refractivity contribution >= 4 is 33.0 Å². The highest BCUT2D eigenvalue weighted by Crippen LogP contribution is 2.26. The fraction of sp³-hybridized carbons (Fsp3) is 0.176. The molecule has 0 aliphatic heterocycles. The molecule has 0 saturated carbocycles. The molecule has 3 aromatic rings. The van der Waals surface area contributed by atoms with Crippen molar-refractivity contribution in [1.29, 1.82) is 0 Å². The molecule has 0 saturated heterocycles. The summed E-state index contributed by atoms with van der Waals surface area (Å²) >= 11 is 12.0. The average Bonchev–Trinajstić information content (AvgIpc) is 3.03. The molecular weight excluding hydrogens is 381 g/mol. The predicted molar refractivity (Wildman–Crippen MR) is 98.5 cm³/mol. The fourth-order valence-corrected chi connectivity index (χ4v) is 4.57. The minimum atomic E-state index is -3.72. The second kappa shape index (κ2) is 7.15. The molecule has 25 heavy (non-hydrogen) atoms. The molecular formula is C17H15Cl2N3O2S. The molecule has 0 radical (unpaired) electrons. The predicted octanol–water partition coefficient (Wildman–Crippen LogP) is 4.25. The van der Waals surface area contributed by atoms with E-state index in [1.165, 1.54) is 6.07 Å². The van der Waals surface area contributed by atoms with Crippen LogP contribution in [-0.4, -0.2) is 23.2 Å². The van der Waals surface area contributed by atoms with Gasteiger partial charge in [0, 0.05) is 22.2 Å². The van der Waals surface area contributed by atoms with Crippen LogP contribution in [0.3, 0.4) is 0 Å². The number of benzene rings is 2. The third-order valence-electron chi connectivity index (χ3n) is 3.70. The van der Waals surface area contributed by atoms with Crippen LogP contribution in [-0.2, 0) is 22.1 Å². The molecule has 0 N–H and O–H groups in total. The van der Waals surface area contributed by atoms with Crippen LogP contribution in [0.1, 0.15) is 12.5 Å². The van der Waals surface area contributed by atoms with Crippen molar-refractivity contribution in [1.82, 2.24) is 14.8 Å². The van der Waals surface area contributed by atoms with Crippen LogP contribution in [0.25, 0.3) is 11.4 Å². The Morgan fingerprint density at radius 1 is 1.04 bits per heavy atom. The van der Waals surface area contributed by atoms with Gasteiger partial charge in [0.15, 0.2) is 5.82 Å². The van der Waals surface area contributed by atoms with E-state index in [1.54, 1.807) is 16.7 Å². The molecule has 0 unspecified atom stereocenters. The number of hydrogen-bond donors (Lipinski definition) is 0. The van der Waals surface area contributed by atoms with Gasteiger partial charge in [-0.1, -0.05) is 59.6 Å². The normalized spacial score (nSPS) is 11.6. The van der Waals surface area contributed by atoms with E-state index >= 15 is 0 Å². The van der Waals surface area contributed by atoms with Crippen molar-refractivity contribution in [2.24, 2.45) is 0 Å². The molecule has 2 aromatic carbocycles. The summed E-state index contributed by atoms with van der Waals surface area (Å²) in [7, 11) is -3.72. The van der Waals surface area contributed by atoms with E-state index in [-0.39, 0.29) is 10.9 Å². The lowest BCUT2D eigenvalue weighted by Gasteiger charge is -2.09. The Kier molecular flexibility index (Phi) is 5.13. The first-order valence-electron chi connectivity index (χ1n) is 7.57. The van der Waals surface area contributed by atoms with Crippen molar-refractivity contribution in [3.63, 3.8) is 0 Å².